The van der Waals surface area contributed by atoms with E-state index in [1.54, 1.807) is 6.07 Å². The summed E-state index contributed by atoms with van der Waals surface area (Å²) in [5.41, 5.74) is 3.28. The van der Waals surface area contributed by atoms with E-state index in [2.05, 4.69) is 28.3 Å². The molecule has 1 aliphatic heterocycles. The molecule has 1 unspecified atom stereocenters. The number of carbonyl (C=O) groups is 1. The van der Waals surface area contributed by atoms with E-state index >= 15 is 0 Å². The Morgan fingerprint density at radius 1 is 1.18 bits per heavy atom. The van der Waals surface area contributed by atoms with E-state index in [9.17, 15) is 4.79 Å². The number of nitrogens with one attached hydrogen (secondary N) is 1. The second-order valence-electron chi connectivity index (χ2n) is 6.70. The van der Waals surface area contributed by atoms with E-state index in [0.717, 1.165) is 23.5 Å². The van der Waals surface area contributed by atoms with E-state index in [-0.39, 0.29) is 11.9 Å². The molecule has 1 N–H and O–H groups in total. The van der Waals surface area contributed by atoms with Gasteiger partial charge in [0.1, 0.15) is 23.6 Å². The number of rotatable bonds is 5. The fourth-order valence-corrected chi connectivity index (χ4v) is 3.53. The molecule has 2 aromatic carbocycles. The van der Waals surface area contributed by atoms with Gasteiger partial charge >= 0.3 is 0 Å². The molecular weight excluding hydrogens is 352 g/mol. The van der Waals surface area contributed by atoms with Crippen LogP contribution in [0.2, 0.25) is 0 Å². The van der Waals surface area contributed by atoms with Gasteiger partial charge in [-0.1, -0.05) is 30.3 Å². The third-order valence-corrected chi connectivity index (χ3v) is 4.76. The minimum atomic E-state index is -0.124. The third-order valence-electron chi connectivity index (χ3n) is 4.76. The average Bonchev–Trinajstić information content (AvgIpc) is 3.05. The molecule has 1 atom stereocenters. The summed E-state index contributed by atoms with van der Waals surface area (Å²) in [5, 5.41) is 3.23. The van der Waals surface area contributed by atoms with Crippen molar-refractivity contribution < 1.29 is 9.53 Å². The Labute approximate surface area is 164 Å². The van der Waals surface area contributed by atoms with Crippen molar-refractivity contribution in [2.24, 2.45) is 0 Å². The lowest BCUT2D eigenvalue weighted by Gasteiger charge is -2.22. The summed E-state index contributed by atoms with van der Waals surface area (Å²) in [4.78, 5) is 23.5. The lowest BCUT2D eigenvalue weighted by atomic mass is 10.1. The molecule has 2 heterocycles. The normalized spacial score (nSPS) is 15.2. The number of nitrogens with zero attached hydrogens (tertiary/aromatic N) is 3. The molecule has 6 heteroatoms. The van der Waals surface area contributed by atoms with E-state index in [0.29, 0.717) is 18.1 Å². The molecular formula is C22H22N4O2. The van der Waals surface area contributed by atoms with Crippen LogP contribution in [0.4, 0.5) is 17.2 Å². The van der Waals surface area contributed by atoms with Crippen LogP contribution in [0, 0.1) is 0 Å². The van der Waals surface area contributed by atoms with Gasteiger partial charge in [0.15, 0.2) is 0 Å². The molecule has 6 nitrogen and oxygen atoms in total. The topological polar surface area (TPSA) is 67.3 Å². The molecule has 0 saturated carbocycles. The van der Waals surface area contributed by atoms with Gasteiger partial charge < -0.3 is 15.0 Å². The molecule has 0 saturated heterocycles. The first-order chi connectivity index (χ1) is 13.7. The van der Waals surface area contributed by atoms with Crippen LogP contribution < -0.4 is 15.0 Å². The predicted molar refractivity (Wildman–Crippen MR) is 109 cm³/mol. The van der Waals surface area contributed by atoms with Crippen molar-refractivity contribution in [3.05, 3.63) is 72.2 Å². The van der Waals surface area contributed by atoms with Gasteiger partial charge in [0, 0.05) is 17.8 Å². The summed E-state index contributed by atoms with van der Waals surface area (Å²) in [6.45, 7) is 4.56. The second-order valence-corrected chi connectivity index (χ2v) is 6.70. The Kier molecular flexibility index (Phi) is 4.93. The lowest BCUT2D eigenvalue weighted by Crippen LogP contribution is -2.36. The maximum atomic E-state index is 13.2. The molecule has 0 aliphatic carbocycles. The quantitative estimate of drug-likeness (QED) is 0.725. The van der Waals surface area contributed by atoms with Crippen molar-refractivity contribution >= 4 is 23.1 Å². The highest BCUT2D eigenvalue weighted by Crippen LogP contribution is 2.33. The summed E-state index contributed by atoms with van der Waals surface area (Å²) in [6.07, 6.45) is 2.26. The van der Waals surface area contributed by atoms with Gasteiger partial charge in [0.05, 0.1) is 12.3 Å². The molecule has 1 aromatic heterocycles. The molecule has 142 valence electrons. The highest BCUT2D eigenvalue weighted by Gasteiger charge is 2.32. The number of benzene rings is 2. The fourth-order valence-electron chi connectivity index (χ4n) is 3.53. The van der Waals surface area contributed by atoms with Crippen molar-refractivity contribution in [2.75, 3.05) is 16.8 Å². The van der Waals surface area contributed by atoms with Crippen molar-refractivity contribution in [1.82, 2.24) is 9.97 Å². The molecule has 1 aliphatic rings. The van der Waals surface area contributed by atoms with Crippen LogP contribution in [0.5, 0.6) is 5.75 Å². The minimum Gasteiger partial charge on any atom is -0.492 e. The van der Waals surface area contributed by atoms with Crippen LogP contribution in [0.25, 0.3) is 0 Å². The average molecular weight is 374 g/mol. The summed E-state index contributed by atoms with van der Waals surface area (Å²) < 4.78 is 5.64. The Balaban J connectivity index is 1.60. The zero-order valence-electron chi connectivity index (χ0n) is 15.9. The summed E-state index contributed by atoms with van der Waals surface area (Å²) in [6, 6.07) is 17.4. The zero-order chi connectivity index (χ0) is 19.5. The van der Waals surface area contributed by atoms with Crippen molar-refractivity contribution in [2.45, 2.75) is 26.3 Å². The van der Waals surface area contributed by atoms with Gasteiger partial charge in [-0.25, -0.2) is 9.97 Å². The molecule has 0 fully saturated rings. The number of hydrogen-bond donors (Lipinski definition) is 1. The maximum Gasteiger partial charge on any atom is 0.277 e. The van der Waals surface area contributed by atoms with Crippen molar-refractivity contribution in [1.29, 1.82) is 0 Å². The van der Waals surface area contributed by atoms with Crippen LogP contribution >= 0.6 is 0 Å². The van der Waals surface area contributed by atoms with Gasteiger partial charge in [-0.15, -0.1) is 0 Å². The van der Waals surface area contributed by atoms with E-state index in [1.165, 1.54) is 11.9 Å². The number of fused-ring (bicyclic) bond motifs is 1. The van der Waals surface area contributed by atoms with Crippen LogP contribution in [0.15, 0.2) is 60.9 Å². The van der Waals surface area contributed by atoms with Gasteiger partial charge in [-0.05, 0) is 44.0 Å². The largest absolute Gasteiger partial charge is 0.492 e. The summed E-state index contributed by atoms with van der Waals surface area (Å²) >= 11 is 0. The number of amides is 1. The van der Waals surface area contributed by atoms with Crippen LogP contribution in [0.3, 0.4) is 0 Å². The number of aromatic nitrogens is 2. The van der Waals surface area contributed by atoms with Crippen LogP contribution in [0.1, 0.15) is 29.9 Å². The molecule has 4 rings (SSSR count). The predicted octanol–water partition coefficient (Wildman–Crippen LogP) is 4.21. The summed E-state index contributed by atoms with van der Waals surface area (Å²) in [5.74, 6) is 1.16. The first-order valence-corrected chi connectivity index (χ1v) is 9.39. The molecule has 3 aromatic rings. The van der Waals surface area contributed by atoms with Gasteiger partial charge in [-0.2, -0.15) is 0 Å². The highest BCUT2D eigenvalue weighted by molar-refractivity contribution is 6.06. The first kappa shape index (κ1) is 18.0. The standard InChI is InChI=1S/C22H22N4O2/c1-3-28-20-11-7-5-9-17(20)25-21-13-18(23-14-24-21)22(27)26-15(2)12-16-8-4-6-10-19(16)26/h4-11,13-15H,3,12H2,1-2H3,(H,23,24,25). The van der Waals surface area contributed by atoms with E-state index in [1.807, 2.05) is 54.3 Å². The number of anilines is 3. The second kappa shape index (κ2) is 7.68. The molecule has 0 bridgehead atoms. The Morgan fingerprint density at radius 2 is 1.96 bits per heavy atom. The number of hydrogen-bond acceptors (Lipinski definition) is 5. The molecule has 28 heavy (non-hydrogen) atoms. The SMILES string of the molecule is CCOc1ccccc1Nc1cc(C(=O)N2c3ccccc3CC2C)ncn1. The van der Waals surface area contributed by atoms with Gasteiger partial charge in [-0.3, -0.25) is 4.79 Å². The molecule has 0 spiro atoms. The minimum absolute atomic E-state index is 0.0926. The third kappa shape index (κ3) is 3.41. The molecule has 1 amide bonds. The van der Waals surface area contributed by atoms with Gasteiger partial charge in [0.25, 0.3) is 5.91 Å². The summed E-state index contributed by atoms with van der Waals surface area (Å²) in [7, 11) is 0. The van der Waals surface area contributed by atoms with E-state index in [4.69, 9.17) is 4.74 Å². The maximum absolute atomic E-state index is 13.2. The Morgan fingerprint density at radius 3 is 2.82 bits per heavy atom. The van der Waals surface area contributed by atoms with Crippen LogP contribution in [-0.4, -0.2) is 28.5 Å². The number of ether oxygens (including phenoxy) is 1. The highest BCUT2D eigenvalue weighted by atomic mass is 16.5. The number of carbonyl (C=O) groups excluding carboxylic acids is 1. The Bertz CT molecular complexity index is 1010. The van der Waals surface area contributed by atoms with E-state index < -0.39 is 0 Å². The van der Waals surface area contributed by atoms with Gasteiger partial charge in [0.2, 0.25) is 0 Å². The van der Waals surface area contributed by atoms with Crippen molar-refractivity contribution in [3.63, 3.8) is 0 Å². The smallest absolute Gasteiger partial charge is 0.277 e. The first-order valence-electron chi connectivity index (χ1n) is 9.39. The Hall–Kier alpha value is -3.41. The lowest BCUT2D eigenvalue weighted by molar-refractivity contribution is 0.0976. The zero-order valence-corrected chi connectivity index (χ0v) is 15.9. The molecule has 0 radical (unpaired) electrons. The number of para-hydroxylation sites is 3. The fraction of sp³-hybridized carbons (Fsp3) is 0.227. The van der Waals surface area contributed by atoms with Crippen molar-refractivity contribution in [3.8, 4) is 5.75 Å². The monoisotopic (exact) mass is 374 g/mol. The van der Waals surface area contributed by atoms with Crippen LogP contribution in [-0.2, 0) is 6.42 Å².